The van der Waals surface area contributed by atoms with Crippen LogP contribution in [0.4, 0.5) is 0 Å². The van der Waals surface area contributed by atoms with Crippen molar-refractivity contribution in [3.63, 3.8) is 0 Å². The van der Waals surface area contributed by atoms with Gasteiger partial charge in [0.1, 0.15) is 0 Å². The van der Waals surface area contributed by atoms with E-state index in [1.807, 2.05) is 11.9 Å². The number of rotatable bonds is 4. The Morgan fingerprint density at radius 1 is 0.958 bits per heavy atom. The van der Waals surface area contributed by atoms with E-state index in [0.29, 0.717) is 11.9 Å². The average molecular weight is 358 g/mol. The normalized spacial score (nSPS) is 30.6. The van der Waals surface area contributed by atoms with Crippen LogP contribution in [-0.2, 0) is 9.59 Å². The fourth-order valence-corrected chi connectivity index (χ4v) is 4.43. The molecular formula is C18H32ClN3O2. The van der Waals surface area contributed by atoms with E-state index < -0.39 is 0 Å². The Balaban J connectivity index is 0.00000208. The lowest BCUT2D eigenvalue weighted by atomic mass is 9.84. The molecule has 5 nitrogen and oxygen atoms in total. The molecule has 0 bridgehead atoms. The predicted molar refractivity (Wildman–Crippen MR) is 97.1 cm³/mol. The number of hydrogen-bond donors (Lipinski definition) is 2. The van der Waals surface area contributed by atoms with Gasteiger partial charge in [0.15, 0.2) is 0 Å². The first-order valence-electron chi connectivity index (χ1n) is 9.43. The van der Waals surface area contributed by atoms with E-state index in [1.165, 1.54) is 12.8 Å². The molecule has 2 amide bonds. The third kappa shape index (κ3) is 4.63. The third-order valence-corrected chi connectivity index (χ3v) is 6.08. The number of carbonyl (C=O) groups excluding carboxylic acids is 2. The minimum Gasteiger partial charge on any atom is -0.353 e. The van der Waals surface area contributed by atoms with Gasteiger partial charge in [-0.3, -0.25) is 9.59 Å². The molecule has 0 aromatic heterocycles. The number of likely N-dealkylation sites (N-methyl/N-ethyl adjacent to an activating group) is 1. The Morgan fingerprint density at radius 3 is 2.21 bits per heavy atom. The Morgan fingerprint density at radius 2 is 1.62 bits per heavy atom. The van der Waals surface area contributed by atoms with Gasteiger partial charge in [-0.2, -0.15) is 0 Å². The Labute approximate surface area is 151 Å². The van der Waals surface area contributed by atoms with Gasteiger partial charge in [0.2, 0.25) is 11.8 Å². The largest absolute Gasteiger partial charge is 0.353 e. The van der Waals surface area contributed by atoms with Gasteiger partial charge >= 0.3 is 0 Å². The van der Waals surface area contributed by atoms with Gasteiger partial charge in [-0.25, -0.2) is 0 Å². The molecule has 2 saturated carbocycles. The average Bonchev–Trinajstić information content (AvgIpc) is 3.27. The van der Waals surface area contributed by atoms with Crippen molar-refractivity contribution in [2.45, 2.75) is 69.9 Å². The van der Waals surface area contributed by atoms with Crippen molar-refractivity contribution >= 4 is 24.2 Å². The number of nitrogens with one attached hydrogen (secondary N) is 2. The highest BCUT2D eigenvalue weighted by Crippen LogP contribution is 2.29. The maximum absolute atomic E-state index is 12.6. The van der Waals surface area contributed by atoms with Crippen molar-refractivity contribution in [1.29, 1.82) is 0 Å². The third-order valence-electron chi connectivity index (χ3n) is 6.08. The maximum Gasteiger partial charge on any atom is 0.225 e. The minimum atomic E-state index is 0. The molecule has 0 aromatic rings. The molecule has 1 heterocycles. The first kappa shape index (κ1) is 19.5. The molecular weight excluding hydrogens is 326 g/mol. The van der Waals surface area contributed by atoms with Crippen LogP contribution in [0.5, 0.6) is 0 Å². The Kier molecular flexibility index (Phi) is 7.35. The van der Waals surface area contributed by atoms with Crippen LogP contribution in [-0.4, -0.2) is 48.9 Å². The fourth-order valence-electron chi connectivity index (χ4n) is 4.43. The molecule has 3 aliphatic rings. The van der Waals surface area contributed by atoms with E-state index in [9.17, 15) is 9.59 Å². The molecule has 0 spiro atoms. The quantitative estimate of drug-likeness (QED) is 0.810. The molecule has 2 N–H and O–H groups in total. The van der Waals surface area contributed by atoms with Gasteiger partial charge in [-0.05, 0) is 51.5 Å². The molecule has 1 atom stereocenters. The van der Waals surface area contributed by atoms with Crippen molar-refractivity contribution in [2.75, 3.05) is 20.1 Å². The monoisotopic (exact) mass is 357 g/mol. The molecule has 3 fully saturated rings. The number of halogens is 1. The van der Waals surface area contributed by atoms with Gasteiger partial charge in [0, 0.05) is 37.5 Å². The van der Waals surface area contributed by atoms with Gasteiger partial charge in [0.25, 0.3) is 0 Å². The molecule has 0 radical (unpaired) electrons. The lowest BCUT2D eigenvalue weighted by Gasteiger charge is -2.33. The van der Waals surface area contributed by atoms with Crippen LogP contribution in [0, 0.1) is 11.8 Å². The van der Waals surface area contributed by atoms with Crippen molar-refractivity contribution in [2.24, 2.45) is 11.8 Å². The van der Waals surface area contributed by atoms with E-state index in [4.69, 9.17) is 0 Å². The summed E-state index contributed by atoms with van der Waals surface area (Å²) >= 11 is 0. The first-order chi connectivity index (χ1) is 11.1. The zero-order valence-electron chi connectivity index (χ0n) is 14.8. The number of amides is 2. The van der Waals surface area contributed by atoms with Gasteiger partial charge in [-0.15, -0.1) is 12.4 Å². The SMILES string of the molecule is CN(C(=O)C1CCC(NC(=O)C2CCCC2)CC1)C1CCNC1.Cl. The van der Waals surface area contributed by atoms with Gasteiger partial charge in [-0.1, -0.05) is 12.8 Å². The van der Waals surface area contributed by atoms with Crippen LogP contribution in [0.2, 0.25) is 0 Å². The zero-order valence-corrected chi connectivity index (χ0v) is 15.6. The highest BCUT2D eigenvalue weighted by atomic mass is 35.5. The molecule has 24 heavy (non-hydrogen) atoms. The topological polar surface area (TPSA) is 61.4 Å². The van der Waals surface area contributed by atoms with Crippen LogP contribution in [0.25, 0.3) is 0 Å². The summed E-state index contributed by atoms with van der Waals surface area (Å²) < 4.78 is 0. The van der Waals surface area contributed by atoms with Crippen molar-refractivity contribution in [3.05, 3.63) is 0 Å². The highest BCUT2D eigenvalue weighted by molar-refractivity contribution is 5.85. The van der Waals surface area contributed by atoms with Crippen molar-refractivity contribution in [3.8, 4) is 0 Å². The fraction of sp³-hybridized carbons (Fsp3) is 0.889. The van der Waals surface area contributed by atoms with Crippen LogP contribution in [0.15, 0.2) is 0 Å². The van der Waals surface area contributed by atoms with E-state index in [1.54, 1.807) is 0 Å². The predicted octanol–water partition coefficient (Wildman–Crippen LogP) is 2.09. The number of carbonyl (C=O) groups is 2. The lowest BCUT2D eigenvalue weighted by Crippen LogP contribution is -2.45. The molecule has 3 rings (SSSR count). The summed E-state index contributed by atoms with van der Waals surface area (Å²) in [6, 6.07) is 0.646. The van der Waals surface area contributed by atoms with Crippen molar-refractivity contribution in [1.82, 2.24) is 15.5 Å². The standard InChI is InChI=1S/C18H31N3O2.ClH/c1-21(16-10-11-19-12-16)18(23)14-6-8-15(9-7-14)20-17(22)13-4-2-3-5-13;/h13-16,19H,2-12H2,1H3,(H,20,22);1H. The first-order valence-corrected chi connectivity index (χ1v) is 9.43. The lowest BCUT2D eigenvalue weighted by molar-refractivity contribution is -0.137. The summed E-state index contributed by atoms with van der Waals surface area (Å²) in [5.41, 5.74) is 0. The van der Waals surface area contributed by atoms with Crippen LogP contribution in [0.1, 0.15) is 57.8 Å². The summed E-state index contributed by atoms with van der Waals surface area (Å²) in [5, 5.41) is 6.56. The summed E-state index contributed by atoms with van der Waals surface area (Å²) in [5.74, 6) is 0.960. The van der Waals surface area contributed by atoms with Gasteiger partial charge in [0.05, 0.1) is 0 Å². The molecule has 138 valence electrons. The van der Waals surface area contributed by atoms with E-state index >= 15 is 0 Å². The van der Waals surface area contributed by atoms with E-state index in [2.05, 4.69) is 10.6 Å². The Bertz CT molecular complexity index is 426. The minimum absolute atomic E-state index is 0. The maximum atomic E-state index is 12.6. The second-order valence-corrected chi connectivity index (χ2v) is 7.63. The number of hydrogen-bond acceptors (Lipinski definition) is 3. The molecule has 1 unspecified atom stereocenters. The molecule has 2 aliphatic carbocycles. The van der Waals surface area contributed by atoms with Gasteiger partial charge < -0.3 is 15.5 Å². The molecule has 0 aromatic carbocycles. The van der Waals surface area contributed by atoms with E-state index in [0.717, 1.165) is 58.0 Å². The summed E-state index contributed by atoms with van der Waals surface area (Å²) in [6.07, 6.45) is 9.30. The Hall–Kier alpha value is -0.810. The molecule has 1 saturated heterocycles. The van der Waals surface area contributed by atoms with Crippen LogP contribution in [0.3, 0.4) is 0 Å². The molecule has 1 aliphatic heterocycles. The highest BCUT2D eigenvalue weighted by Gasteiger charge is 2.33. The zero-order chi connectivity index (χ0) is 16.2. The van der Waals surface area contributed by atoms with Crippen LogP contribution < -0.4 is 10.6 Å². The second kappa shape index (κ2) is 9.04. The summed E-state index contributed by atoms with van der Waals surface area (Å²) in [6.45, 7) is 1.94. The second-order valence-electron chi connectivity index (χ2n) is 7.63. The smallest absolute Gasteiger partial charge is 0.225 e. The molecule has 6 heteroatoms. The van der Waals surface area contributed by atoms with Crippen molar-refractivity contribution < 1.29 is 9.59 Å². The van der Waals surface area contributed by atoms with Crippen LogP contribution >= 0.6 is 12.4 Å². The summed E-state index contributed by atoms with van der Waals surface area (Å²) in [7, 11) is 1.95. The summed E-state index contributed by atoms with van der Waals surface area (Å²) in [4.78, 5) is 26.8. The number of nitrogens with zero attached hydrogens (tertiary/aromatic N) is 1. The van der Waals surface area contributed by atoms with E-state index in [-0.39, 0.29) is 36.2 Å².